The van der Waals surface area contributed by atoms with Crippen molar-refractivity contribution in [3.8, 4) is 0 Å². The van der Waals surface area contributed by atoms with Gasteiger partial charge in [-0.3, -0.25) is 9.78 Å². The van der Waals surface area contributed by atoms with E-state index < -0.39 is 17.6 Å². The number of carbonyl (C=O) groups excluding carboxylic acids is 2. The topological polar surface area (TPSA) is 90.4 Å². The molecule has 23 heavy (non-hydrogen) atoms. The van der Waals surface area contributed by atoms with Gasteiger partial charge >= 0.3 is 11.9 Å². The number of nitrogens with zero attached hydrogens (tertiary/aromatic N) is 2. The molecule has 1 aliphatic heterocycles. The highest BCUT2D eigenvalue weighted by Gasteiger charge is 2.28. The Bertz CT molecular complexity index is 617. The number of rotatable bonds is 3. The average molecular weight is 319 g/mol. The SMILES string of the molecule is COC(=O)c1cnc(C2=CCNC(C(=O)OC(C)(C)C)C2)cn1. The first-order valence-electron chi connectivity index (χ1n) is 7.36. The average Bonchev–Trinajstić information content (AvgIpc) is 2.53. The lowest BCUT2D eigenvalue weighted by Crippen LogP contribution is -2.43. The van der Waals surface area contributed by atoms with Crippen molar-refractivity contribution in [3.63, 3.8) is 0 Å². The summed E-state index contributed by atoms with van der Waals surface area (Å²) in [6, 6.07) is -0.420. The highest BCUT2D eigenvalue weighted by atomic mass is 16.6. The van der Waals surface area contributed by atoms with Crippen LogP contribution in [0.5, 0.6) is 0 Å². The Morgan fingerprint density at radius 3 is 2.57 bits per heavy atom. The van der Waals surface area contributed by atoms with Crippen LogP contribution in [0.2, 0.25) is 0 Å². The van der Waals surface area contributed by atoms with Crippen LogP contribution >= 0.6 is 0 Å². The van der Waals surface area contributed by atoms with Gasteiger partial charge in [-0.1, -0.05) is 6.08 Å². The van der Waals surface area contributed by atoms with E-state index in [-0.39, 0.29) is 11.7 Å². The summed E-state index contributed by atoms with van der Waals surface area (Å²) in [4.78, 5) is 31.8. The summed E-state index contributed by atoms with van der Waals surface area (Å²) in [5.41, 5.74) is 1.15. The summed E-state index contributed by atoms with van der Waals surface area (Å²) in [6.45, 7) is 6.05. The number of ether oxygens (including phenoxy) is 2. The number of nitrogens with one attached hydrogen (secondary N) is 1. The van der Waals surface area contributed by atoms with Crippen LogP contribution in [0, 0.1) is 0 Å². The van der Waals surface area contributed by atoms with E-state index in [4.69, 9.17) is 4.74 Å². The molecule has 0 aromatic carbocycles. The third kappa shape index (κ3) is 4.59. The van der Waals surface area contributed by atoms with Gasteiger partial charge in [0, 0.05) is 13.0 Å². The van der Waals surface area contributed by atoms with E-state index in [1.807, 2.05) is 26.8 Å². The molecule has 1 atom stereocenters. The molecule has 0 aliphatic carbocycles. The Kier molecular flexibility index (Phi) is 5.10. The summed E-state index contributed by atoms with van der Waals surface area (Å²) in [6.07, 6.45) is 5.28. The van der Waals surface area contributed by atoms with Gasteiger partial charge in [-0.25, -0.2) is 9.78 Å². The van der Waals surface area contributed by atoms with Crippen LogP contribution in [0.25, 0.3) is 5.57 Å². The molecule has 1 aromatic heterocycles. The lowest BCUT2D eigenvalue weighted by atomic mass is 9.99. The van der Waals surface area contributed by atoms with E-state index in [1.54, 1.807) is 0 Å². The molecule has 1 unspecified atom stereocenters. The Labute approximate surface area is 135 Å². The Hall–Kier alpha value is -2.28. The highest BCUT2D eigenvalue weighted by Crippen LogP contribution is 2.22. The number of esters is 2. The fourth-order valence-electron chi connectivity index (χ4n) is 2.15. The number of methoxy groups -OCH3 is 1. The largest absolute Gasteiger partial charge is 0.464 e. The van der Waals surface area contributed by atoms with Crippen molar-refractivity contribution in [1.29, 1.82) is 0 Å². The van der Waals surface area contributed by atoms with Gasteiger partial charge < -0.3 is 14.8 Å². The molecule has 0 bridgehead atoms. The quantitative estimate of drug-likeness (QED) is 0.841. The monoisotopic (exact) mass is 319 g/mol. The van der Waals surface area contributed by atoms with E-state index >= 15 is 0 Å². The third-order valence-electron chi connectivity index (χ3n) is 3.20. The van der Waals surface area contributed by atoms with Gasteiger partial charge in [-0.05, 0) is 26.3 Å². The van der Waals surface area contributed by atoms with E-state index in [2.05, 4.69) is 20.0 Å². The summed E-state index contributed by atoms with van der Waals surface area (Å²) in [5.74, 6) is -0.822. The van der Waals surface area contributed by atoms with Crippen LogP contribution < -0.4 is 5.32 Å². The summed E-state index contributed by atoms with van der Waals surface area (Å²) in [5, 5.41) is 3.11. The molecule has 0 saturated heterocycles. The molecule has 0 radical (unpaired) electrons. The van der Waals surface area contributed by atoms with Gasteiger partial charge in [0.1, 0.15) is 11.6 Å². The molecule has 7 heteroatoms. The fraction of sp³-hybridized carbons (Fsp3) is 0.500. The van der Waals surface area contributed by atoms with Gasteiger partial charge in [0.25, 0.3) is 0 Å². The minimum absolute atomic E-state index is 0.148. The predicted molar refractivity (Wildman–Crippen MR) is 83.6 cm³/mol. The number of aromatic nitrogens is 2. The zero-order valence-corrected chi connectivity index (χ0v) is 13.8. The number of carbonyl (C=O) groups is 2. The standard InChI is InChI=1S/C16H21N3O4/c1-16(2,3)23-15(21)11-7-10(5-6-17-11)12-8-19-13(9-18-12)14(20)22-4/h5,8-9,11,17H,6-7H2,1-4H3. The van der Waals surface area contributed by atoms with Crippen molar-refractivity contribution in [2.45, 2.75) is 38.8 Å². The van der Waals surface area contributed by atoms with E-state index in [0.717, 1.165) is 5.57 Å². The normalized spacial score (nSPS) is 18.1. The minimum atomic E-state index is -0.532. The first-order valence-corrected chi connectivity index (χ1v) is 7.36. The molecule has 1 aromatic rings. The van der Waals surface area contributed by atoms with Crippen molar-refractivity contribution in [2.75, 3.05) is 13.7 Å². The van der Waals surface area contributed by atoms with Crippen LogP contribution in [0.3, 0.4) is 0 Å². The first kappa shape index (κ1) is 17.1. The molecular formula is C16H21N3O4. The first-order chi connectivity index (χ1) is 10.8. The maximum atomic E-state index is 12.2. The van der Waals surface area contributed by atoms with Gasteiger partial charge in [0.15, 0.2) is 5.69 Å². The van der Waals surface area contributed by atoms with E-state index in [0.29, 0.717) is 18.7 Å². The summed E-state index contributed by atoms with van der Waals surface area (Å²) in [7, 11) is 1.29. The summed E-state index contributed by atoms with van der Waals surface area (Å²) < 4.78 is 9.99. The van der Waals surface area contributed by atoms with Crippen LogP contribution in [0.4, 0.5) is 0 Å². The smallest absolute Gasteiger partial charge is 0.358 e. The molecule has 0 spiro atoms. The van der Waals surface area contributed by atoms with Crippen LogP contribution in [0.1, 0.15) is 43.4 Å². The lowest BCUT2D eigenvalue weighted by molar-refractivity contribution is -0.157. The molecule has 7 nitrogen and oxygen atoms in total. The Morgan fingerprint density at radius 2 is 2.00 bits per heavy atom. The zero-order chi connectivity index (χ0) is 17.0. The second-order valence-corrected chi connectivity index (χ2v) is 6.21. The van der Waals surface area contributed by atoms with Gasteiger partial charge in [0.05, 0.1) is 25.2 Å². The second kappa shape index (κ2) is 6.87. The van der Waals surface area contributed by atoms with Crippen LogP contribution in [-0.4, -0.2) is 47.2 Å². The van der Waals surface area contributed by atoms with Gasteiger partial charge in [-0.2, -0.15) is 0 Å². The van der Waals surface area contributed by atoms with Gasteiger partial charge in [-0.15, -0.1) is 0 Å². The number of hydrogen-bond acceptors (Lipinski definition) is 7. The Morgan fingerprint density at radius 1 is 1.26 bits per heavy atom. The highest BCUT2D eigenvalue weighted by molar-refractivity contribution is 5.87. The van der Waals surface area contributed by atoms with Crippen molar-refractivity contribution < 1.29 is 19.1 Å². The predicted octanol–water partition coefficient (Wildman–Crippen LogP) is 1.35. The van der Waals surface area contributed by atoms with Crippen LogP contribution in [-0.2, 0) is 14.3 Å². The molecule has 2 rings (SSSR count). The maximum Gasteiger partial charge on any atom is 0.358 e. The van der Waals surface area contributed by atoms with E-state index in [9.17, 15) is 9.59 Å². The second-order valence-electron chi connectivity index (χ2n) is 6.21. The minimum Gasteiger partial charge on any atom is -0.464 e. The molecule has 0 fully saturated rings. The van der Waals surface area contributed by atoms with E-state index in [1.165, 1.54) is 19.5 Å². The molecule has 0 saturated carbocycles. The number of hydrogen-bond donors (Lipinski definition) is 1. The molecular weight excluding hydrogens is 298 g/mol. The summed E-state index contributed by atoms with van der Waals surface area (Å²) >= 11 is 0. The fourth-order valence-corrected chi connectivity index (χ4v) is 2.15. The van der Waals surface area contributed by atoms with Crippen molar-refractivity contribution in [2.24, 2.45) is 0 Å². The molecule has 1 N–H and O–H groups in total. The molecule has 124 valence electrons. The maximum absolute atomic E-state index is 12.2. The van der Waals surface area contributed by atoms with Crippen molar-refractivity contribution >= 4 is 17.5 Å². The Balaban J connectivity index is 2.08. The molecule has 1 aliphatic rings. The van der Waals surface area contributed by atoms with Gasteiger partial charge in [0.2, 0.25) is 0 Å². The van der Waals surface area contributed by atoms with Crippen molar-refractivity contribution in [3.05, 3.63) is 29.9 Å². The lowest BCUT2D eigenvalue weighted by Gasteiger charge is -2.27. The van der Waals surface area contributed by atoms with Crippen LogP contribution in [0.15, 0.2) is 18.5 Å². The van der Waals surface area contributed by atoms with Crippen molar-refractivity contribution in [1.82, 2.24) is 15.3 Å². The zero-order valence-electron chi connectivity index (χ0n) is 13.8. The molecule has 0 amide bonds. The third-order valence-corrected chi connectivity index (χ3v) is 3.20. The molecule has 2 heterocycles.